The molecule has 0 aromatic carbocycles. The van der Waals surface area contributed by atoms with Gasteiger partial charge in [-0.25, -0.2) is 4.39 Å². The van der Waals surface area contributed by atoms with Crippen LogP contribution in [-0.4, -0.2) is 52.7 Å². The summed E-state index contributed by atoms with van der Waals surface area (Å²) < 4.78 is 26.7. The lowest BCUT2D eigenvalue weighted by Crippen LogP contribution is -2.63. The van der Waals surface area contributed by atoms with Crippen LogP contribution in [0, 0.1) is 28.6 Å². The molecule has 5 rings (SSSR count). The number of fused-ring (bicyclic) bond motifs is 3. The van der Waals surface area contributed by atoms with Gasteiger partial charge in [-0.05, 0) is 61.7 Å². The molecule has 6 nitrogen and oxygen atoms in total. The van der Waals surface area contributed by atoms with Gasteiger partial charge in [0, 0.05) is 17.8 Å². The van der Waals surface area contributed by atoms with Crippen molar-refractivity contribution in [3.05, 3.63) is 23.8 Å². The summed E-state index contributed by atoms with van der Waals surface area (Å²) in [5, 5.41) is 11.8. The summed E-state index contributed by atoms with van der Waals surface area (Å²) in [5.74, 6) is -1.96. The van der Waals surface area contributed by atoms with Gasteiger partial charge < -0.3 is 14.6 Å². The first-order chi connectivity index (χ1) is 14.4. The summed E-state index contributed by atoms with van der Waals surface area (Å²) in [6.07, 6.45) is 4.42. The van der Waals surface area contributed by atoms with Gasteiger partial charge in [-0.2, -0.15) is 0 Å². The van der Waals surface area contributed by atoms with Crippen LogP contribution < -0.4 is 0 Å². The Morgan fingerprint density at radius 2 is 2.00 bits per heavy atom. The highest BCUT2D eigenvalue weighted by Gasteiger charge is 2.82. The molecule has 4 aliphatic carbocycles. The van der Waals surface area contributed by atoms with E-state index in [-0.39, 0.29) is 36.1 Å². The van der Waals surface area contributed by atoms with E-state index in [1.54, 1.807) is 6.08 Å². The van der Waals surface area contributed by atoms with Crippen LogP contribution in [0.1, 0.15) is 47.0 Å². The number of epoxide rings is 1. The second-order valence-electron chi connectivity index (χ2n) is 10.6. The number of halogens is 1. The van der Waals surface area contributed by atoms with Crippen molar-refractivity contribution >= 4 is 17.5 Å². The number of esters is 1. The maximum atomic E-state index is 15.4. The second kappa shape index (κ2) is 6.13. The maximum Gasteiger partial charge on any atom is 0.303 e. The van der Waals surface area contributed by atoms with E-state index in [9.17, 15) is 19.5 Å². The van der Waals surface area contributed by atoms with Gasteiger partial charge in [-0.3, -0.25) is 14.4 Å². The molecule has 1 saturated heterocycles. The molecule has 168 valence electrons. The number of rotatable bonds is 3. The molecule has 0 unspecified atom stereocenters. The predicted molar refractivity (Wildman–Crippen MR) is 108 cm³/mol. The topological polar surface area (TPSA) is 93.2 Å². The van der Waals surface area contributed by atoms with E-state index in [1.165, 1.54) is 19.1 Å². The molecular weight excluding hydrogens is 403 g/mol. The monoisotopic (exact) mass is 432 g/mol. The Labute approximate surface area is 180 Å². The molecule has 0 amide bonds. The number of ether oxygens (including phenoxy) is 2. The standard InChI is InChI=1S/C24H29FO6/c1-12-7-15-16-9-18(25)17-8-14(27)5-6-21(17,3)24(16)20(31-24)10-22(15,4)23(12,29)19(28)11-30-13(2)26/h5-6,8,12,15-16,18,20,29H,7,9-11H2,1-4H3/t12-,15-,16-,18-,20-,21-,22-,23-,24+/m0/s1. The molecule has 4 fully saturated rings. The number of alkyl halides is 1. The normalized spacial score (nSPS) is 51.7. The van der Waals surface area contributed by atoms with Crippen molar-refractivity contribution < 1.29 is 33.4 Å². The summed E-state index contributed by atoms with van der Waals surface area (Å²) in [7, 11) is 0. The zero-order chi connectivity index (χ0) is 22.6. The fourth-order valence-electron chi connectivity index (χ4n) is 7.85. The van der Waals surface area contributed by atoms with Crippen LogP contribution in [0.4, 0.5) is 4.39 Å². The Hall–Kier alpha value is -1.86. The van der Waals surface area contributed by atoms with Crippen LogP contribution >= 0.6 is 0 Å². The lowest BCUT2D eigenvalue weighted by molar-refractivity contribution is -0.171. The van der Waals surface area contributed by atoms with Crippen molar-refractivity contribution in [3.63, 3.8) is 0 Å². The first kappa shape index (κ1) is 21.0. The van der Waals surface area contributed by atoms with Crippen molar-refractivity contribution in [2.45, 2.75) is 70.4 Å². The molecule has 0 radical (unpaired) electrons. The average molecular weight is 432 g/mol. The molecule has 0 aromatic heterocycles. The Kier molecular flexibility index (Phi) is 4.16. The molecule has 1 heterocycles. The molecule has 1 spiro atoms. The molecule has 0 aromatic rings. The lowest BCUT2D eigenvalue weighted by Gasteiger charge is -2.56. The minimum atomic E-state index is -1.67. The van der Waals surface area contributed by atoms with Gasteiger partial charge in [0.05, 0.1) is 6.10 Å². The minimum Gasteiger partial charge on any atom is -0.458 e. The van der Waals surface area contributed by atoms with Crippen LogP contribution in [0.2, 0.25) is 0 Å². The Morgan fingerprint density at radius 3 is 2.68 bits per heavy atom. The van der Waals surface area contributed by atoms with Gasteiger partial charge in [0.15, 0.2) is 12.4 Å². The summed E-state index contributed by atoms with van der Waals surface area (Å²) in [5.41, 5.74) is -3.35. The SMILES string of the molecule is CC(=O)OCC(=O)[C@@]1(O)[C@@H](C)C[C@H]2[C@@H]3C[C@H](F)C4=CC(=O)C=C[C@]4(C)[C@@]34O[C@H]4C[C@@]21C. The number of carbonyl (C=O) groups is 3. The van der Waals surface area contributed by atoms with E-state index in [0.717, 1.165) is 0 Å². The zero-order valence-electron chi connectivity index (χ0n) is 18.3. The third-order valence-corrected chi connectivity index (χ3v) is 9.33. The number of allylic oxidation sites excluding steroid dienone is 2. The number of hydrogen-bond acceptors (Lipinski definition) is 6. The van der Waals surface area contributed by atoms with Gasteiger partial charge in [0.25, 0.3) is 0 Å². The highest BCUT2D eigenvalue weighted by Crippen LogP contribution is 2.76. The predicted octanol–water partition coefficient (Wildman–Crippen LogP) is 2.48. The number of carbonyl (C=O) groups excluding carboxylic acids is 3. The number of hydrogen-bond donors (Lipinski definition) is 1. The average Bonchev–Trinajstić information content (AvgIpc) is 3.38. The number of aliphatic hydroxyl groups is 1. The van der Waals surface area contributed by atoms with Crippen LogP contribution in [0.15, 0.2) is 23.8 Å². The van der Waals surface area contributed by atoms with Crippen LogP contribution in [0.25, 0.3) is 0 Å². The Bertz CT molecular complexity index is 956. The van der Waals surface area contributed by atoms with Crippen molar-refractivity contribution in [2.24, 2.45) is 28.6 Å². The Balaban J connectivity index is 1.55. The van der Waals surface area contributed by atoms with Crippen LogP contribution in [0.3, 0.4) is 0 Å². The molecular formula is C24H29FO6. The van der Waals surface area contributed by atoms with Crippen LogP contribution in [-0.2, 0) is 23.9 Å². The highest BCUT2D eigenvalue weighted by atomic mass is 19.1. The molecule has 5 aliphatic rings. The zero-order valence-corrected chi connectivity index (χ0v) is 18.3. The smallest absolute Gasteiger partial charge is 0.303 e. The second-order valence-corrected chi connectivity index (χ2v) is 10.6. The quantitative estimate of drug-likeness (QED) is 0.544. The van der Waals surface area contributed by atoms with Gasteiger partial charge in [-0.15, -0.1) is 0 Å². The molecule has 0 bridgehead atoms. The molecule has 9 atom stereocenters. The molecule has 3 saturated carbocycles. The van der Waals surface area contributed by atoms with Gasteiger partial charge in [0.1, 0.15) is 17.4 Å². The first-order valence-corrected chi connectivity index (χ1v) is 11.1. The summed E-state index contributed by atoms with van der Waals surface area (Å²) in [6.45, 7) is 6.45. The van der Waals surface area contributed by atoms with E-state index in [4.69, 9.17) is 9.47 Å². The maximum absolute atomic E-state index is 15.4. The van der Waals surface area contributed by atoms with Gasteiger partial charge in [-0.1, -0.05) is 19.9 Å². The van der Waals surface area contributed by atoms with Crippen LogP contribution in [0.5, 0.6) is 0 Å². The molecule has 7 heteroatoms. The lowest BCUT2D eigenvalue weighted by atomic mass is 9.46. The fourth-order valence-corrected chi connectivity index (χ4v) is 7.85. The van der Waals surface area contributed by atoms with E-state index >= 15 is 4.39 Å². The van der Waals surface area contributed by atoms with E-state index in [1.807, 2.05) is 20.8 Å². The van der Waals surface area contributed by atoms with Gasteiger partial charge >= 0.3 is 5.97 Å². The van der Waals surface area contributed by atoms with Crippen molar-refractivity contribution in [3.8, 4) is 0 Å². The minimum absolute atomic E-state index is 0.129. The molecule has 1 aliphatic heterocycles. The van der Waals surface area contributed by atoms with Crippen molar-refractivity contribution in [1.29, 1.82) is 0 Å². The van der Waals surface area contributed by atoms with E-state index < -0.39 is 46.6 Å². The summed E-state index contributed by atoms with van der Waals surface area (Å²) in [6, 6.07) is 0. The number of ketones is 2. The third-order valence-electron chi connectivity index (χ3n) is 9.33. The Morgan fingerprint density at radius 1 is 1.29 bits per heavy atom. The number of Topliss-reactive ketones (excluding diaryl/α,β-unsaturated/α-hetero) is 1. The van der Waals surface area contributed by atoms with Crippen molar-refractivity contribution in [2.75, 3.05) is 6.61 Å². The fraction of sp³-hybridized carbons (Fsp3) is 0.708. The third kappa shape index (κ3) is 2.31. The summed E-state index contributed by atoms with van der Waals surface area (Å²) in [4.78, 5) is 36.3. The highest BCUT2D eigenvalue weighted by molar-refractivity contribution is 6.01. The van der Waals surface area contributed by atoms with E-state index in [2.05, 4.69) is 0 Å². The first-order valence-electron chi connectivity index (χ1n) is 11.1. The largest absolute Gasteiger partial charge is 0.458 e. The molecule has 1 N–H and O–H groups in total. The van der Waals surface area contributed by atoms with Gasteiger partial charge in [0.2, 0.25) is 5.78 Å². The van der Waals surface area contributed by atoms with E-state index in [0.29, 0.717) is 18.4 Å². The van der Waals surface area contributed by atoms with Crippen molar-refractivity contribution in [1.82, 2.24) is 0 Å². The summed E-state index contributed by atoms with van der Waals surface area (Å²) >= 11 is 0. The molecule has 31 heavy (non-hydrogen) atoms.